The SMILES string of the molecule is C[C@@H](Oc1csc(-n2cnc3ccc(OC4CCNCC4)cc32)c1)c1ccccc1Cl. The number of ether oxygens (including phenoxy) is 2. The molecule has 5 rings (SSSR count). The first-order valence-electron chi connectivity index (χ1n) is 10.5. The summed E-state index contributed by atoms with van der Waals surface area (Å²) in [6.07, 6.45) is 4.05. The molecule has 0 aliphatic carbocycles. The summed E-state index contributed by atoms with van der Waals surface area (Å²) >= 11 is 7.94. The molecule has 160 valence electrons. The lowest BCUT2D eigenvalue weighted by molar-refractivity contribution is 0.162. The maximum atomic E-state index is 6.32. The van der Waals surface area contributed by atoms with Crippen molar-refractivity contribution in [2.24, 2.45) is 0 Å². The van der Waals surface area contributed by atoms with E-state index in [0.29, 0.717) is 5.02 Å². The van der Waals surface area contributed by atoms with Crippen molar-refractivity contribution in [2.75, 3.05) is 13.1 Å². The minimum absolute atomic E-state index is 0.138. The van der Waals surface area contributed by atoms with Crippen molar-refractivity contribution >= 4 is 34.0 Å². The number of hydrogen-bond acceptors (Lipinski definition) is 5. The number of hydrogen-bond donors (Lipinski definition) is 1. The van der Waals surface area contributed by atoms with Crippen LogP contribution in [0.3, 0.4) is 0 Å². The van der Waals surface area contributed by atoms with Gasteiger partial charge in [-0.05, 0) is 51.1 Å². The summed E-state index contributed by atoms with van der Waals surface area (Å²) in [7, 11) is 0. The molecule has 1 atom stereocenters. The second-order valence-electron chi connectivity index (χ2n) is 7.73. The third-order valence-electron chi connectivity index (χ3n) is 5.56. The molecule has 5 nitrogen and oxygen atoms in total. The van der Waals surface area contributed by atoms with Crippen molar-refractivity contribution in [1.29, 1.82) is 0 Å². The van der Waals surface area contributed by atoms with Crippen LogP contribution in [0.5, 0.6) is 11.5 Å². The van der Waals surface area contributed by atoms with Crippen molar-refractivity contribution in [3.8, 4) is 16.5 Å². The third-order valence-corrected chi connectivity index (χ3v) is 6.81. The minimum Gasteiger partial charge on any atom is -0.490 e. The zero-order chi connectivity index (χ0) is 21.2. The molecule has 1 N–H and O–H groups in total. The van der Waals surface area contributed by atoms with E-state index >= 15 is 0 Å². The molecule has 2 aromatic heterocycles. The summed E-state index contributed by atoms with van der Waals surface area (Å²) in [5.41, 5.74) is 2.95. The highest BCUT2D eigenvalue weighted by molar-refractivity contribution is 7.12. The van der Waals surface area contributed by atoms with E-state index in [4.69, 9.17) is 21.1 Å². The topological polar surface area (TPSA) is 48.3 Å². The number of rotatable bonds is 6. The minimum atomic E-state index is -0.138. The smallest absolute Gasteiger partial charge is 0.133 e. The van der Waals surface area contributed by atoms with Crippen LogP contribution >= 0.6 is 22.9 Å². The van der Waals surface area contributed by atoms with Crippen LogP contribution in [-0.2, 0) is 0 Å². The van der Waals surface area contributed by atoms with Gasteiger partial charge in [-0.3, -0.25) is 4.57 Å². The normalized spacial score (nSPS) is 15.8. The number of fused-ring (bicyclic) bond motifs is 1. The molecule has 0 amide bonds. The number of thiophene rings is 1. The predicted octanol–water partition coefficient (Wildman–Crippen LogP) is 6.01. The Morgan fingerprint density at radius 2 is 1.97 bits per heavy atom. The number of nitrogens with one attached hydrogen (secondary N) is 1. The molecule has 1 aliphatic heterocycles. The molecule has 7 heteroatoms. The van der Waals surface area contributed by atoms with E-state index in [1.165, 1.54) is 0 Å². The Hall–Kier alpha value is -2.54. The van der Waals surface area contributed by atoms with Crippen LogP contribution in [0.15, 0.2) is 60.2 Å². The molecule has 1 aliphatic rings. The van der Waals surface area contributed by atoms with Gasteiger partial charge in [0.1, 0.15) is 35.0 Å². The zero-order valence-corrected chi connectivity index (χ0v) is 18.8. The Morgan fingerprint density at radius 3 is 2.81 bits per heavy atom. The fourth-order valence-electron chi connectivity index (χ4n) is 3.91. The molecule has 1 saturated heterocycles. The van der Waals surface area contributed by atoms with E-state index < -0.39 is 0 Å². The number of nitrogens with zero attached hydrogens (tertiary/aromatic N) is 2. The zero-order valence-electron chi connectivity index (χ0n) is 17.3. The Bertz CT molecular complexity index is 1180. The van der Waals surface area contributed by atoms with E-state index in [2.05, 4.69) is 20.9 Å². The van der Waals surface area contributed by atoms with E-state index in [9.17, 15) is 0 Å². The molecule has 31 heavy (non-hydrogen) atoms. The van der Waals surface area contributed by atoms with Gasteiger partial charge in [0.25, 0.3) is 0 Å². The maximum Gasteiger partial charge on any atom is 0.133 e. The lowest BCUT2D eigenvalue weighted by Gasteiger charge is -2.23. The molecular weight excluding hydrogens is 430 g/mol. The third kappa shape index (κ3) is 4.42. The van der Waals surface area contributed by atoms with Crippen LogP contribution in [0.25, 0.3) is 16.0 Å². The molecule has 0 unspecified atom stereocenters. The van der Waals surface area contributed by atoms with E-state index in [-0.39, 0.29) is 12.2 Å². The Kier molecular flexibility index (Phi) is 5.85. The fraction of sp³-hybridized carbons (Fsp3) is 0.292. The van der Waals surface area contributed by atoms with Gasteiger partial charge in [0.2, 0.25) is 0 Å². The van der Waals surface area contributed by atoms with Crippen LogP contribution in [-0.4, -0.2) is 28.7 Å². The van der Waals surface area contributed by atoms with E-state index in [0.717, 1.165) is 59.0 Å². The number of aromatic nitrogens is 2. The second kappa shape index (κ2) is 8.91. The highest BCUT2D eigenvalue weighted by Gasteiger charge is 2.16. The van der Waals surface area contributed by atoms with Crippen LogP contribution in [0, 0.1) is 0 Å². The van der Waals surface area contributed by atoms with Crippen molar-refractivity contribution in [3.63, 3.8) is 0 Å². The molecule has 2 aromatic carbocycles. The molecule has 0 bridgehead atoms. The molecule has 1 fully saturated rings. The number of imidazole rings is 1. The van der Waals surface area contributed by atoms with Gasteiger partial charge in [0, 0.05) is 28.1 Å². The number of benzene rings is 2. The van der Waals surface area contributed by atoms with Crippen LogP contribution in [0.1, 0.15) is 31.4 Å². The lowest BCUT2D eigenvalue weighted by atomic mass is 10.1. The van der Waals surface area contributed by atoms with Crippen LogP contribution < -0.4 is 14.8 Å². The summed E-state index contributed by atoms with van der Waals surface area (Å²) in [5, 5.41) is 7.15. The van der Waals surface area contributed by atoms with Crippen LogP contribution in [0.4, 0.5) is 0 Å². The van der Waals surface area contributed by atoms with Gasteiger partial charge in [-0.15, -0.1) is 11.3 Å². The van der Waals surface area contributed by atoms with Gasteiger partial charge < -0.3 is 14.8 Å². The van der Waals surface area contributed by atoms with Gasteiger partial charge in [-0.1, -0.05) is 29.8 Å². The average molecular weight is 454 g/mol. The second-order valence-corrected chi connectivity index (χ2v) is 9.03. The standard InChI is InChI=1S/C24H24ClN3O2S/c1-16(20-4-2-3-5-21(20)25)29-19-13-24(31-14-19)28-15-27-22-7-6-18(12-23(22)28)30-17-8-10-26-11-9-17/h2-7,12-17,26H,8-11H2,1H3/t16-/m1/s1. The van der Waals surface area contributed by atoms with Crippen molar-refractivity contribution in [3.05, 3.63) is 70.8 Å². The van der Waals surface area contributed by atoms with Gasteiger partial charge in [0.15, 0.2) is 0 Å². The first-order chi connectivity index (χ1) is 15.2. The summed E-state index contributed by atoms with van der Waals surface area (Å²) in [6, 6.07) is 15.9. The van der Waals surface area contributed by atoms with Gasteiger partial charge in [-0.25, -0.2) is 4.98 Å². The summed E-state index contributed by atoms with van der Waals surface area (Å²) in [6.45, 7) is 4.03. The molecule has 0 saturated carbocycles. The Labute approximate surface area is 190 Å². The molecule has 0 radical (unpaired) electrons. The summed E-state index contributed by atoms with van der Waals surface area (Å²) < 4.78 is 14.5. The van der Waals surface area contributed by atoms with Crippen molar-refractivity contribution < 1.29 is 9.47 Å². The summed E-state index contributed by atoms with van der Waals surface area (Å²) in [4.78, 5) is 4.56. The van der Waals surface area contributed by atoms with Gasteiger partial charge in [0.05, 0.1) is 11.0 Å². The number of halogens is 1. The monoisotopic (exact) mass is 453 g/mol. The van der Waals surface area contributed by atoms with Gasteiger partial charge >= 0.3 is 0 Å². The average Bonchev–Trinajstić information content (AvgIpc) is 3.41. The quantitative estimate of drug-likeness (QED) is 0.388. The van der Waals surface area contributed by atoms with E-state index in [1.54, 1.807) is 11.3 Å². The number of piperidine rings is 1. The van der Waals surface area contributed by atoms with Crippen molar-refractivity contribution in [1.82, 2.24) is 14.9 Å². The maximum absolute atomic E-state index is 6.32. The molecule has 3 heterocycles. The van der Waals surface area contributed by atoms with Crippen LogP contribution in [0.2, 0.25) is 5.02 Å². The Morgan fingerprint density at radius 1 is 1.13 bits per heavy atom. The summed E-state index contributed by atoms with van der Waals surface area (Å²) in [5.74, 6) is 1.71. The fourth-order valence-corrected chi connectivity index (χ4v) is 5.00. The predicted molar refractivity (Wildman–Crippen MR) is 126 cm³/mol. The highest BCUT2D eigenvalue weighted by Crippen LogP contribution is 2.33. The molecular formula is C24H24ClN3O2S. The van der Waals surface area contributed by atoms with Crippen molar-refractivity contribution in [2.45, 2.75) is 32.0 Å². The van der Waals surface area contributed by atoms with E-state index in [1.807, 2.05) is 61.1 Å². The first-order valence-corrected chi connectivity index (χ1v) is 11.8. The highest BCUT2D eigenvalue weighted by atomic mass is 35.5. The molecule has 0 spiro atoms. The lowest BCUT2D eigenvalue weighted by Crippen LogP contribution is -2.34. The Balaban J connectivity index is 1.36. The molecule has 4 aromatic rings. The first kappa shape index (κ1) is 20.4. The largest absolute Gasteiger partial charge is 0.490 e. The van der Waals surface area contributed by atoms with Gasteiger partial charge in [-0.2, -0.15) is 0 Å².